The van der Waals surface area contributed by atoms with Gasteiger partial charge in [-0.2, -0.15) is 5.16 Å². The van der Waals surface area contributed by atoms with Crippen LogP contribution in [-0.4, -0.2) is 34.0 Å². The van der Waals surface area contributed by atoms with Crippen molar-refractivity contribution in [1.29, 1.82) is 0 Å². The SMILES string of the molecule is O=C(CCc1cc(=O)[nH]o1)N1CCC(Cc2ccccn2)C1. The second-order valence-electron chi connectivity index (χ2n) is 5.70. The standard InChI is InChI=1S/C16H19N3O3/c20-15-10-14(22-18-15)4-5-16(21)19-8-6-12(11-19)9-13-3-1-2-7-17-13/h1-3,7,10,12H,4-6,8-9,11H2,(H,18,20). The second kappa shape index (κ2) is 6.60. The number of rotatable bonds is 5. The molecular weight excluding hydrogens is 282 g/mol. The number of H-pyrrole nitrogens is 1. The van der Waals surface area contributed by atoms with Crippen LogP contribution in [0.2, 0.25) is 0 Å². The van der Waals surface area contributed by atoms with Gasteiger partial charge in [0.2, 0.25) is 5.91 Å². The minimum Gasteiger partial charge on any atom is -0.384 e. The van der Waals surface area contributed by atoms with Crippen LogP contribution < -0.4 is 5.56 Å². The maximum atomic E-state index is 12.2. The highest BCUT2D eigenvalue weighted by Gasteiger charge is 2.26. The molecule has 22 heavy (non-hydrogen) atoms. The maximum Gasteiger partial charge on any atom is 0.280 e. The Hall–Kier alpha value is -2.37. The highest BCUT2D eigenvalue weighted by molar-refractivity contribution is 5.76. The summed E-state index contributed by atoms with van der Waals surface area (Å²) >= 11 is 0. The van der Waals surface area contributed by atoms with Crippen LogP contribution in [-0.2, 0) is 17.6 Å². The van der Waals surface area contributed by atoms with Gasteiger partial charge in [-0.3, -0.25) is 14.6 Å². The average molecular weight is 301 g/mol. The summed E-state index contributed by atoms with van der Waals surface area (Å²) < 4.78 is 4.96. The summed E-state index contributed by atoms with van der Waals surface area (Å²) in [6, 6.07) is 7.32. The molecule has 0 aromatic carbocycles. The van der Waals surface area contributed by atoms with E-state index in [2.05, 4.69) is 10.1 Å². The van der Waals surface area contributed by atoms with Crippen molar-refractivity contribution in [2.24, 2.45) is 5.92 Å². The van der Waals surface area contributed by atoms with E-state index in [0.717, 1.165) is 31.6 Å². The van der Waals surface area contributed by atoms with E-state index in [9.17, 15) is 9.59 Å². The van der Waals surface area contributed by atoms with E-state index in [4.69, 9.17) is 4.52 Å². The van der Waals surface area contributed by atoms with E-state index in [-0.39, 0.29) is 11.5 Å². The van der Waals surface area contributed by atoms with Crippen molar-refractivity contribution in [2.45, 2.75) is 25.7 Å². The largest absolute Gasteiger partial charge is 0.384 e. The number of nitrogens with zero attached hydrogens (tertiary/aromatic N) is 2. The first-order valence-corrected chi connectivity index (χ1v) is 7.56. The van der Waals surface area contributed by atoms with Crippen LogP contribution in [0.4, 0.5) is 0 Å². The van der Waals surface area contributed by atoms with Gasteiger partial charge in [-0.05, 0) is 30.9 Å². The Kier molecular flexibility index (Phi) is 4.37. The van der Waals surface area contributed by atoms with Gasteiger partial charge in [0, 0.05) is 43.9 Å². The number of carbonyl (C=O) groups excluding carboxylic acids is 1. The van der Waals surface area contributed by atoms with Crippen molar-refractivity contribution < 1.29 is 9.32 Å². The predicted octanol–water partition coefficient (Wildman–Crippen LogP) is 1.39. The molecule has 0 aliphatic carbocycles. The first-order valence-electron chi connectivity index (χ1n) is 7.56. The molecule has 1 saturated heterocycles. The second-order valence-corrected chi connectivity index (χ2v) is 5.70. The van der Waals surface area contributed by atoms with Gasteiger partial charge in [0.15, 0.2) is 0 Å². The molecule has 0 bridgehead atoms. The zero-order valence-electron chi connectivity index (χ0n) is 12.3. The summed E-state index contributed by atoms with van der Waals surface area (Å²) in [5.74, 6) is 1.12. The van der Waals surface area contributed by atoms with Gasteiger partial charge in [0.1, 0.15) is 5.76 Å². The van der Waals surface area contributed by atoms with Gasteiger partial charge >= 0.3 is 0 Å². The van der Waals surface area contributed by atoms with Gasteiger partial charge in [-0.15, -0.1) is 0 Å². The van der Waals surface area contributed by atoms with Crippen molar-refractivity contribution in [3.8, 4) is 0 Å². The van der Waals surface area contributed by atoms with E-state index in [1.54, 1.807) is 6.20 Å². The van der Waals surface area contributed by atoms with E-state index >= 15 is 0 Å². The third-order valence-corrected chi connectivity index (χ3v) is 4.02. The molecule has 3 rings (SSSR count). The Morgan fingerprint density at radius 3 is 3.09 bits per heavy atom. The topological polar surface area (TPSA) is 79.2 Å². The van der Waals surface area contributed by atoms with Gasteiger partial charge in [-0.1, -0.05) is 6.07 Å². The molecule has 3 heterocycles. The van der Waals surface area contributed by atoms with Crippen LogP contribution >= 0.6 is 0 Å². The summed E-state index contributed by atoms with van der Waals surface area (Å²) in [7, 11) is 0. The summed E-state index contributed by atoms with van der Waals surface area (Å²) in [5, 5.41) is 2.23. The van der Waals surface area contributed by atoms with E-state index in [0.29, 0.717) is 24.5 Å². The number of likely N-dealkylation sites (tertiary alicyclic amines) is 1. The molecule has 2 aromatic rings. The van der Waals surface area contributed by atoms with Crippen LogP contribution in [0, 0.1) is 5.92 Å². The lowest BCUT2D eigenvalue weighted by molar-refractivity contribution is -0.130. The zero-order chi connectivity index (χ0) is 15.4. The Labute approximate surface area is 128 Å². The quantitative estimate of drug-likeness (QED) is 0.905. The first-order chi connectivity index (χ1) is 10.7. The van der Waals surface area contributed by atoms with E-state index in [1.807, 2.05) is 23.1 Å². The Balaban J connectivity index is 1.47. The van der Waals surface area contributed by atoms with Crippen molar-refractivity contribution in [1.82, 2.24) is 15.0 Å². The van der Waals surface area contributed by atoms with Crippen LogP contribution in [0.15, 0.2) is 39.8 Å². The Morgan fingerprint density at radius 1 is 1.45 bits per heavy atom. The zero-order valence-corrected chi connectivity index (χ0v) is 12.3. The third-order valence-electron chi connectivity index (χ3n) is 4.02. The summed E-state index contributed by atoms with van der Waals surface area (Å²) in [6.07, 6.45) is 4.56. The molecule has 1 aliphatic heterocycles. The molecule has 2 aromatic heterocycles. The van der Waals surface area contributed by atoms with Gasteiger partial charge < -0.3 is 9.42 Å². The molecule has 1 amide bonds. The number of hydrogen-bond acceptors (Lipinski definition) is 4. The van der Waals surface area contributed by atoms with Gasteiger partial charge in [0.25, 0.3) is 5.56 Å². The fourth-order valence-corrected chi connectivity index (χ4v) is 2.87. The first kappa shape index (κ1) is 14.6. The number of amides is 1. The Bertz CT molecular complexity index is 677. The molecule has 0 radical (unpaired) electrons. The average Bonchev–Trinajstić information content (AvgIpc) is 3.15. The third kappa shape index (κ3) is 3.63. The van der Waals surface area contributed by atoms with E-state index < -0.39 is 0 Å². The van der Waals surface area contributed by atoms with Crippen LogP contribution in [0.25, 0.3) is 0 Å². The number of aryl methyl sites for hydroxylation is 1. The van der Waals surface area contributed by atoms with E-state index in [1.165, 1.54) is 6.07 Å². The van der Waals surface area contributed by atoms with Crippen LogP contribution in [0.3, 0.4) is 0 Å². The fourth-order valence-electron chi connectivity index (χ4n) is 2.87. The number of nitrogens with one attached hydrogen (secondary N) is 1. The van der Waals surface area contributed by atoms with Crippen LogP contribution in [0.5, 0.6) is 0 Å². The minimum atomic E-state index is -0.265. The normalized spacial score (nSPS) is 17.8. The lowest BCUT2D eigenvalue weighted by Crippen LogP contribution is -2.29. The van der Waals surface area contributed by atoms with Gasteiger partial charge in [0.05, 0.1) is 0 Å². The molecule has 0 saturated carbocycles. The molecule has 6 heteroatoms. The minimum absolute atomic E-state index is 0.118. The number of hydrogen-bond donors (Lipinski definition) is 1. The smallest absolute Gasteiger partial charge is 0.280 e. The number of pyridine rings is 1. The van der Waals surface area contributed by atoms with Gasteiger partial charge in [-0.25, -0.2) is 0 Å². The monoisotopic (exact) mass is 301 g/mol. The van der Waals surface area contributed by atoms with Crippen molar-refractivity contribution in [3.63, 3.8) is 0 Å². The molecular formula is C16H19N3O3. The molecule has 0 spiro atoms. The Morgan fingerprint density at radius 2 is 2.36 bits per heavy atom. The van der Waals surface area contributed by atoms with Crippen molar-refractivity contribution in [2.75, 3.05) is 13.1 Å². The maximum absolute atomic E-state index is 12.2. The molecule has 116 valence electrons. The highest BCUT2D eigenvalue weighted by Crippen LogP contribution is 2.21. The summed E-state index contributed by atoms with van der Waals surface area (Å²) in [4.78, 5) is 29.4. The number of carbonyl (C=O) groups is 1. The highest BCUT2D eigenvalue weighted by atomic mass is 16.5. The summed E-state index contributed by atoms with van der Waals surface area (Å²) in [6.45, 7) is 1.58. The molecule has 1 fully saturated rings. The molecule has 1 atom stereocenters. The van der Waals surface area contributed by atoms with Crippen molar-refractivity contribution >= 4 is 5.91 Å². The van der Waals surface area contributed by atoms with Crippen molar-refractivity contribution in [3.05, 3.63) is 52.3 Å². The van der Waals surface area contributed by atoms with Crippen LogP contribution in [0.1, 0.15) is 24.3 Å². The molecule has 1 aliphatic rings. The number of aromatic nitrogens is 2. The molecule has 1 unspecified atom stereocenters. The fraction of sp³-hybridized carbons (Fsp3) is 0.438. The number of aromatic amines is 1. The molecule has 1 N–H and O–H groups in total. The predicted molar refractivity (Wildman–Crippen MR) is 80.3 cm³/mol. The lowest BCUT2D eigenvalue weighted by Gasteiger charge is -2.16. The summed E-state index contributed by atoms with van der Waals surface area (Å²) in [5.41, 5.74) is 0.815. The lowest BCUT2D eigenvalue weighted by atomic mass is 10.0. The molecule has 6 nitrogen and oxygen atoms in total.